The number of nitrogens with one attached hydrogen (secondary N) is 1. The molecule has 0 unspecified atom stereocenters. The van der Waals surface area contributed by atoms with E-state index in [2.05, 4.69) is 27.1 Å². The molecule has 6 heteroatoms. The Morgan fingerprint density at radius 3 is 3.00 bits per heavy atom. The van der Waals surface area contributed by atoms with Crippen LogP contribution >= 0.6 is 11.3 Å². The van der Waals surface area contributed by atoms with Gasteiger partial charge in [0.1, 0.15) is 0 Å². The number of thiazole rings is 1. The van der Waals surface area contributed by atoms with Gasteiger partial charge in [0.25, 0.3) is 0 Å². The molecule has 0 spiro atoms. The molecule has 0 saturated heterocycles. The van der Waals surface area contributed by atoms with E-state index >= 15 is 0 Å². The van der Waals surface area contributed by atoms with Crippen LogP contribution < -0.4 is 5.73 Å². The lowest BCUT2D eigenvalue weighted by atomic mass is 10.4. The lowest BCUT2D eigenvalue weighted by molar-refractivity contribution is 0.317. The van der Waals surface area contributed by atoms with Gasteiger partial charge in [0.15, 0.2) is 5.13 Å². The normalized spacial score (nSPS) is 11.1. The molecule has 0 aliphatic heterocycles. The predicted octanol–water partition coefficient (Wildman–Crippen LogP) is 1.08. The lowest BCUT2D eigenvalue weighted by Crippen LogP contribution is -2.16. The third kappa shape index (κ3) is 2.77. The van der Waals surface area contributed by atoms with Crippen LogP contribution in [-0.4, -0.2) is 27.1 Å². The molecule has 0 aromatic carbocycles. The molecule has 3 N–H and O–H groups in total. The highest BCUT2D eigenvalue weighted by atomic mass is 32.1. The van der Waals surface area contributed by atoms with E-state index in [9.17, 15) is 0 Å². The molecular weight excluding hydrogens is 210 g/mol. The fourth-order valence-corrected chi connectivity index (χ4v) is 2.15. The molecule has 0 amide bonds. The van der Waals surface area contributed by atoms with Crippen LogP contribution in [-0.2, 0) is 13.1 Å². The first-order valence-electron chi connectivity index (χ1n) is 4.61. The van der Waals surface area contributed by atoms with Gasteiger partial charge in [0.05, 0.1) is 0 Å². The molecule has 0 aliphatic rings. The lowest BCUT2D eigenvalue weighted by Gasteiger charge is -2.13. The van der Waals surface area contributed by atoms with Gasteiger partial charge in [-0.15, -0.1) is 11.3 Å². The second-order valence-corrected chi connectivity index (χ2v) is 4.57. The van der Waals surface area contributed by atoms with Gasteiger partial charge in [-0.05, 0) is 13.1 Å². The molecule has 0 radical (unpaired) electrons. The van der Waals surface area contributed by atoms with Gasteiger partial charge in [0.2, 0.25) is 0 Å². The quantitative estimate of drug-likeness (QED) is 0.813. The number of aromatic nitrogens is 3. The maximum atomic E-state index is 5.56. The van der Waals surface area contributed by atoms with E-state index in [-0.39, 0.29) is 0 Å². The third-order valence-electron chi connectivity index (χ3n) is 2.00. The zero-order valence-corrected chi connectivity index (χ0v) is 9.29. The Bertz CT molecular complexity index is 408. The standard InChI is InChI=1S/C9H13N5S/c1-14(5-7-2-3-12-13-7)6-8-4-11-9(10)15-8/h2-4H,5-6H2,1H3,(H2,10,11)(H,12,13). The highest BCUT2D eigenvalue weighted by Crippen LogP contribution is 2.16. The molecule has 2 aromatic rings. The van der Waals surface area contributed by atoms with Crippen molar-refractivity contribution in [3.05, 3.63) is 29.0 Å². The van der Waals surface area contributed by atoms with Crippen molar-refractivity contribution in [1.82, 2.24) is 20.1 Å². The Hall–Kier alpha value is -1.40. The van der Waals surface area contributed by atoms with Crippen LogP contribution in [0.15, 0.2) is 18.5 Å². The molecule has 2 aromatic heterocycles. The SMILES string of the molecule is CN(Cc1ccn[nH]1)Cc1cnc(N)s1. The monoisotopic (exact) mass is 223 g/mol. The van der Waals surface area contributed by atoms with Crippen molar-refractivity contribution in [1.29, 1.82) is 0 Å². The molecule has 2 heterocycles. The number of nitrogens with two attached hydrogens (primary N) is 1. The predicted molar refractivity (Wildman–Crippen MR) is 60.3 cm³/mol. The first-order valence-corrected chi connectivity index (χ1v) is 5.42. The smallest absolute Gasteiger partial charge is 0.180 e. The maximum absolute atomic E-state index is 5.56. The van der Waals surface area contributed by atoms with Crippen LogP contribution in [0.3, 0.4) is 0 Å². The molecule has 5 nitrogen and oxygen atoms in total. The van der Waals surface area contributed by atoms with E-state index in [1.165, 1.54) is 16.2 Å². The molecular formula is C9H13N5S. The highest BCUT2D eigenvalue weighted by molar-refractivity contribution is 7.15. The van der Waals surface area contributed by atoms with E-state index in [4.69, 9.17) is 5.73 Å². The van der Waals surface area contributed by atoms with Crippen molar-refractivity contribution >= 4 is 16.5 Å². The second kappa shape index (κ2) is 4.41. The number of H-pyrrole nitrogens is 1. The molecule has 80 valence electrons. The topological polar surface area (TPSA) is 70.8 Å². The van der Waals surface area contributed by atoms with Crippen molar-refractivity contribution in [3.63, 3.8) is 0 Å². The van der Waals surface area contributed by atoms with E-state index < -0.39 is 0 Å². The highest BCUT2D eigenvalue weighted by Gasteiger charge is 2.04. The summed E-state index contributed by atoms with van der Waals surface area (Å²) >= 11 is 1.53. The van der Waals surface area contributed by atoms with Crippen LogP contribution in [0.2, 0.25) is 0 Å². The van der Waals surface area contributed by atoms with Crippen molar-refractivity contribution < 1.29 is 0 Å². The van der Waals surface area contributed by atoms with Gasteiger partial charge in [-0.25, -0.2) is 4.98 Å². The van der Waals surface area contributed by atoms with E-state index in [0.717, 1.165) is 18.8 Å². The van der Waals surface area contributed by atoms with Gasteiger partial charge < -0.3 is 5.73 Å². The van der Waals surface area contributed by atoms with Crippen molar-refractivity contribution in [2.75, 3.05) is 12.8 Å². The number of hydrogen-bond acceptors (Lipinski definition) is 5. The average molecular weight is 223 g/mol. The van der Waals surface area contributed by atoms with E-state index in [1.54, 1.807) is 6.20 Å². The molecule has 2 rings (SSSR count). The van der Waals surface area contributed by atoms with Crippen molar-refractivity contribution in [2.45, 2.75) is 13.1 Å². The first kappa shape index (κ1) is 10.1. The number of nitrogens with zero attached hydrogens (tertiary/aromatic N) is 3. The van der Waals surface area contributed by atoms with Crippen LogP contribution in [0.25, 0.3) is 0 Å². The third-order valence-corrected chi connectivity index (χ3v) is 2.81. The Kier molecular flexibility index (Phi) is 2.98. The Morgan fingerprint density at radius 1 is 1.53 bits per heavy atom. The number of aromatic amines is 1. The second-order valence-electron chi connectivity index (χ2n) is 3.42. The summed E-state index contributed by atoms with van der Waals surface area (Å²) in [6.07, 6.45) is 3.58. The largest absolute Gasteiger partial charge is 0.375 e. The minimum Gasteiger partial charge on any atom is -0.375 e. The minimum atomic E-state index is 0.625. The first-order chi connectivity index (χ1) is 7.24. The fourth-order valence-electron chi connectivity index (χ4n) is 1.38. The van der Waals surface area contributed by atoms with Gasteiger partial charge >= 0.3 is 0 Å². The zero-order valence-electron chi connectivity index (χ0n) is 8.47. The van der Waals surface area contributed by atoms with E-state index in [1.807, 2.05) is 12.3 Å². The molecule has 0 fully saturated rings. The minimum absolute atomic E-state index is 0.625. The number of hydrogen-bond donors (Lipinski definition) is 2. The molecule has 0 atom stereocenters. The van der Waals surface area contributed by atoms with Gasteiger partial charge in [0, 0.05) is 36.1 Å². The molecule has 0 saturated carbocycles. The summed E-state index contributed by atoms with van der Waals surface area (Å²) in [4.78, 5) is 7.37. The summed E-state index contributed by atoms with van der Waals surface area (Å²) in [6, 6.07) is 1.97. The van der Waals surface area contributed by atoms with Crippen molar-refractivity contribution in [2.24, 2.45) is 0 Å². The zero-order chi connectivity index (χ0) is 10.7. The molecule has 15 heavy (non-hydrogen) atoms. The van der Waals surface area contributed by atoms with Crippen LogP contribution in [0.1, 0.15) is 10.6 Å². The summed E-state index contributed by atoms with van der Waals surface area (Å²) in [6.45, 7) is 1.70. The van der Waals surface area contributed by atoms with Crippen molar-refractivity contribution in [3.8, 4) is 0 Å². The Balaban J connectivity index is 1.90. The summed E-state index contributed by atoms with van der Waals surface area (Å²) in [7, 11) is 2.05. The Morgan fingerprint density at radius 2 is 2.40 bits per heavy atom. The summed E-state index contributed by atoms with van der Waals surface area (Å²) in [5.74, 6) is 0. The average Bonchev–Trinajstić information content (AvgIpc) is 2.77. The van der Waals surface area contributed by atoms with Gasteiger partial charge in [-0.1, -0.05) is 0 Å². The summed E-state index contributed by atoms with van der Waals surface area (Å²) < 4.78 is 0. The number of nitrogen functional groups attached to an aromatic ring is 1. The summed E-state index contributed by atoms with van der Waals surface area (Å²) in [5, 5.41) is 7.46. The fraction of sp³-hybridized carbons (Fsp3) is 0.333. The molecule has 0 bridgehead atoms. The summed E-state index contributed by atoms with van der Waals surface area (Å²) in [5.41, 5.74) is 6.67. The van der Waals surface area contributed by atoms with Crippen LogP contribution in [0.5, 0.6) is 0 Å². The van der Waals surface area contributed by atoms with Gasteiger partial charge in [-0.2, -0.15) is 5.10 Å². The Labute approximate surface area is 91.9 Å². The van der Waals surface area contributed by atoms with Gasteiger partial charge in [-0.3, -0.25) is 10.00 Å². The maximum Gasteiger partial charge on any atom is 0.180 e. The van der Waals surface area contributed by atoms with Crippen LogP contribution in [0, 0.1) is 0 Å². The van der Waals surface area contributed by atoms with E-state index in [0.29, 0.717) is 5.13 Å². The number of rotatable bonds is 4. The van der Waals surface area contributed by atoms with Crippen LogP contribution in [0.4, 0.5) is 5.13 Å². The molecule has 0 aliphatic carbocycles. The number of anilines is 1.